The predicted molar refractivity (Wildman–Crippen MR) is 89.4 cm³/mol. The Morgan fingerprint density at radius 1 is 1.45 bits per heavy atom. The van der Waals surface area contributed by atoms with Crippen LogP contribution in [0.2, 0.25) is 0 Å². The number of aryl methyl sites for hydroxylation is 1. The zero-order valence-electron chi connectivity index (χ0n) is 13.5. The molecule has 1 saturated heterocycles. The maximum Gasteiger partial charge on any atom is 0.314 e. The Labute approximate surface area is 136 Å². The van der Waals surface area contributed by atoms with Gasteiger partial charge in [0.05, 0.1) is 5.01 Å². The number of carbonyl (C=O) groups excluding carboxylic acids is 1. The number of rotatable bonds is 6. The van der Waals surface area contributed by atoms with Crippen molar-refractivity contribution < 1.29 is 4.79 Å². The summed E-state index contributed by atoms with van der Waals surface area (Å²) < 4.78 is 0. The largest absolute Gasteiger partial charge is 0.338 e. The van der Waals surface area contributed by atoms with Crippen LogP contribution in [0.1, 0.15) is 42.0 Å². The molecule has 0 aromatic carbocycles. The highest BCUT2D eigenvalue weighted by Gasteiger charge is 2.34. The number of likely N-dealkylation sites (tertiary alicyclic amines) is 1. The van der Waals surface area contributed by atoms with Crippen molar-refractivity contribution in [3.05, 3.63) is 16.1 Å². The highest BCUT2D eigenvalue weighted by molar-refractivity contribution is 7.11. The molecule has 2 amide bonds. The SMILES string of the molecule is Cc1cnc(C(C)CNC(=O)NCC2CCN(C3CC3)C2)s1. The first-order valence-electron chi connectivity index (χ1n) is 8.30. The molecule has 2 fully saturated rings. The third-order valence-electron chi connectivity index (χ3n) is 4.56. The maximum absolute atomic E-state index is 11.9. The van der Waals surface area contributed by atoms with Crippen LogP contribution in [0.4, 0.5) is 4.79 Å². The number of amides is 2. The van der Waals surface area contributed by atoms with Gasteiger partial charge in [0.2, 0.25) is 0 Å². The summed E-state index contributed by atoms with van der Waals surface area (Å²) in [6.07, 6.45) is 5.84. The van der Waals surface area contributed by atoms with E-state index in [0.29, 0.717) is 12.5 Å². The van der Waals surface area contributed by atoms with Gasteiger partial charge < -0.3 is 15.5 Å². The molecule has 1 aromatic rings. The lowest BCUT2D eigenvalue weighted by Crippen LogP contribution is -2.40. The van der Waals surface area contributed by atoms with Crippen molar-refractivity contribution in [2.75, 3.05) is 26.2 Å². The fourth-order valence-corrected chi connectivity index (χ4v) is 3.86. The van der Waals surface area contributed by atoms with E-state index in [1.54, 1.807) is 11.3 Å². The van der Waals surface area contributed by atoms with Crippen LogP contribution in [-0.4, -0.2) is 48.1 Å². The van der Waals surface area contributed by atoms with Gasteiger partial charge in [-0.25, -0.2) is 9.78 Å². The Morgan fingerprint density at radius 3 is 2.95 bits per heavy atom. The van der Waals surface area contributed by atoms with Crippen LogP contribution >= 0.6 is 11.3 Å². The minimum Gasteiger partial charge on any atom is -0.338 e. The zero-order chi connectivity index (χ0) is 15.5. The molecule has 0 radical (unpaired) electrons. The smallest absolute Gasteiger partial charge is 0.314 e. The van der Waals surface area contributed by atoms with Crippen molar-refractivity contribution in [3.63, 3.8) is 0 Å². The second-order valence-electron chi connectivity index (χ2n) is 6.68. The summed E-state index contributed by atoms with van der Waals surface area (Å²) in [5.74, 6) is 0.881. The monoisotopic (exact) mass is 322 g/mol. The first kappa shape index (κ1) is 15.7. The molecule has 2 unspecified atom stereocenters. The van der Waals surface area contributed by atoms with Gasteiger partial charge in [-0.15, -0.1) is 11.3 Å². The van der Waals surface area contributed by atoms with E-state index in [0.717, 1.165) is 24.1 Å². The van der Waals surface area contributed by atoms with E-state index < -0.39 is 0 Å². The van der Waals surface area contributed by atoms with Crippen molar-refractivity contribution in [3.8, 4) is 0 Å². The van der Waals surface area contributed by atoms with Gasteiger partial charge >= 0.3 is 6.03 Å². The minimum absolute atomic E-state index is 0.0509. The van der Waals surface area contributed by atoms with Gasteiger partial charge in [-0.1, -0.05) is 6.92 Å². The molecule has 0 bridgehead atoms. The maximum atomic E-state index is 11.9. The summed E-state index contributed by atoms with van der Waals surface area (Å²) in [5, 5.41) is 7.08. The lowest BCUT2D eigenvalue weighted by atomic mass is 10.1. The summed E-state index contributed by atoms with van der Waals surface area (Å²) in [6.45, 7) is 7.94. The lowest BCUT2D eigenvalue weighted by Gasteiger charge is -2.16. The number of aromatic nitrogens is 1. The van der Waals surface area contributed by atoms with Gasteiger partial charge in [0, 0.05) is 42.7 Å². The van der Waals surface area contributed by atoms with E-state index in [4.69, 9.17) is 0 Å². The van der Waals surface area contributed by atoms with Crippen molar-refractivity contribution in [1.29, 1.82) is 0 Å². The van der Waals surface area contributed by atoms with Crippen LogP contribution in [0.5, 0.6) is 0 Å². The summed E-state index contributed by atoms with van der Waals surface area (Å²) in [7, 11) is 0. The second-order valence-corrected chi connectivity index (χ2v) is 7.95. The molecule has 3 rings (SSSR count). The average Bonchev–Trinajstić information content (AvgIpc) is 3.09. The van der Waals surface area contributed by atoms with Crippen molar-refractivity contribution in [2.45, 2.75) is 45.1 Å². The third-order valence-corrected chi connectivity index (χ3v) is 5.71. The molecule has 22 heavy (non-hydrogen) atoms. The number of thiazole rings is 1. The quantitative estimate of drug-likeness (QED) is 0.845. The van der Waals surface area contributed by atoms with Crippen LogP contribution in [0, 0.1) is 12.8 Å². The summed E-state index contributed by atoms with van der Waals surface area (Å²) in [4.78, 5) is 20.1. The normalized spacial score (nSPS) is 23.5. The molecule has 1 saturated carbocycles. The standard InChI is InChI=1S/C16H26N4OS/c1-11(15-17-8-12(2)22-15)7-18-16(21)19-9-13-5-6-20(10-13)14-3-4-14/h8,11,13-14H,3-7,9-10H2,1-2H3,(H2,18,19,21). The van der Waals surface area contributed by atoms with Gasteiger partial charge in [0.1, 0.15) is 0 Å². The van der Waals surface area contributed by atoms with Crippen molar-refractivity contribution in [2.24, 2.45) is 5.92 Å². The molecular formula is C16H26N4OS. The highest BCUT2D eigenvalue weighted by Crippen LogP contribution is 2.31. The molecule has 2 aliphatic rings. The third kappa shape index (κ3) is 4.20. The number of carbonyl (C=O) groups is 1. The van der Waals surface area contributed by atoms with Gasteiger partial charge in [0.25, 0.3) is 0 Å². The first-order chi connectivity index (χ1) is 10.6. The summed E-state index contributed by atoms with van der Waals surface area (Å²) >= 11 is 1.70. The molecule has 1 aromatic heterocycles. The average molecular weight is 322 g/mol. The Bertz CT molecular complexity index is 514. The van der Waals surface area contributed by atoms with Crippen LogP contribution < -0.4 is 10.6 Å². The molecule has 1 aliphatic heterocycles. The lowest BCUT2D eigenvalue weighted by molar-refractivity contribution is 0.238. The van der Waals surface area contributed by atoms with Crippen molar-refractivity contribution in [1.82, 2.24) is 20.5 Å². The van der Waals surface area contributed by atoms with E-state index in [-0.39, 0.29) is 11.9 Å². The van der Waals surface area contributed by atoms with Gasteiger partial charge in [0.15, 0.2) is 0 Å². The topological polar surface area (TPSA) is 57.3 Å². The molecule has 122 valence electrons. The van der Waals surface area contributed by atoms with E-state index in [1.807, 2.05) is 6.20 Å². The van der Waals surface area contributed by atoms with E-state index in [2.05, 4.69) is 34.4 Å². The fraction of sp³-hybridized carbons (Fsp3) is 0.750. The number of urea groups is 1. The summed E-state index contributed by atoms with van der Waals surface area (Å²) in [5.41, 5.74) is 0. The Hall–Kier alpha value is -1.14. The van der Waals surface area contributed by atoms with Crippen LogP contribution in [0.15, 0.2) is 6.20 Å². The molecule has 1 aliphatic carbocycles. The molecule has 2 atom stereocenters. The number of hydrogen-bond donors (Lipinski definition) is 2. The number of nitrogens with zero attached hydrogens (tertiary/aromatic N) is 2. The zero-order valence-corrected chi connectivity index (χ0v) is 14.3. The Kier molecular flexibility index (Phi) is 4.98. The molecule has 2 N–H and O–H groups in total. The first-order valence-corrected chi connectivity index (χ1v) is 9.11. The molecule has 2 heterocycles. The highest BCUT2D eigenvalue weighted by atomic mass is 32.1. The van der Waals surface area contributed by atoms with E-state index >= 15 is 0 Å². The number of nitrogens with one attached hydrogen (secondary N) is 2. The Morgan fingerprint density at radius 2 is 2.27 bits per heavy atom. The second kappa shape index (κ2) is 6.96. The van der Waals surface area contributed by atoms with Crippen molar-refractivity contribution >= 4 is 17.4 Å². The minimum atomic E-state index is -0.0509. The Balaban J connectivity index is 1.32. The fourth-order valence-electron chi connectivity index (χ4n) is 3.03. The van der Waals surface area contributed by atoms with Crippen LogP contribution in [-0.2, 0) is 0 Å². The molecule has 6 heteroatoms. The van der Waals surface area contributed by atoms with Gasteiger partial charge in [-0.05, 0) is 38.6 Å². The summed E-state index contributed by atoms with van der Waals surface area (Å²) in [6, 6.07) is 0.798. The predicted octanol–water partition coefficient (Wildman–Crippen LogP) is 2.34. The van der Waals surface area contributed by atoms with Crippen LogP contribution in [0.25, 0.3) is 0 Å². The molecule has 0 spiro atoms. The van der Waals surface area contributed by atoms with Gasteiger partial charge in [-0.3, -0.25) is 0 Å². The molecule has 5 nitrogen and oxygen atoms in total. The number of hydrogen-bond acceptors (Lipinski definition) is 4. The van der Waals surface area contributed by atoms with Crippen LogP contribution in [0.3, 0.4) is 0 Å². The van der Waals surface area contributed by atoms with E-state index in [9.17, 15) is 4.79 Å². The van der Waals surface area contributed by atoms with E-state index in [1.165, 1.54) is 30.7 Å². The molecular weight excluding hydrogens is 296 g/mol. The van der Waals surface area contributed by atoms with Gasteiger partial charge in [-0.2, -0.15) is 0 Å².